The first kappa shape index (κ1) is 18.6. The Labute approximate surface area is 168 Å². The number of benzene rings is 1. The predicted octanol–water partition coefficient (Wildman–Crippen LogP) is 4.40. The van der Waals surface area contributed by atoms with Crippen LogP contribution in [0.15, 0.2) is 71.6 Å². The van der Waals surface area contributed by atoms with E-state index in [1.54, 1.807) is 10.9 Å². The average molecular weight is 388 g/mol. The molecule has 0 radical (unpaired) electrons. The minimum Gasteiger partial charge on any atom is -0.455 e. The molecule has 0 saturated heterocycles. The number of pyridine rings is 1. The second kappa shape index (κ2) is 8.10. The van der Waals surface area contributed by atoms with Gasteiger partial charge in [0.15, 0.2) is 5.82 Å². The highest BCUT2D eigenvalue weighted by atomic mass is 16.5. The van der Waals surface area contributed by atoms with E-state index in [2.05, 4.69) is 15.1 Å². The van der Waals surface area contributed by atoms with Gasteiger partial charge in [0, 0.05) is 11.8 Å². The summed E-state index contributed by atoms with van der Waals surface area (Å²) in [5, 5.41) is 4.35. The van der Waals surface area contributed by atoms with Gasteiger partial charge in [0.05, 0.1) is 11.9 Å². The summed E-state index contributed by atoms with van der Waals surface area (Å²) in [6, 6.07) is 15.1. The van der Waals surface area contributed by atoms with Crippen LogP contribution in [-0.4, -0.2) is 25.7 Å². The smallest absolute Gasteiger partial charge is 0.342 e. The van der Waals surface area contributed by atoms with Gasteiger partial charge in [0.25, 0.3) is 0 Å². The lowest BCUT2D eigenvalue weighted by atomic mass is 10.1. The van der Waals surface area contributed by atoms with Crippen molar-refractivity contribution in [3.63, 3.8) is 0 Å². The molecule has 0 atom stereocenters. The van der Waals surface area contributed by atoms with Crippen molar-refractivity contribution in [3.05, 3.63) is 84.1 Å². The van der Waals surface area contributed by atoms with E-state index in [0.29, 0.717) is 23.0 Å². The van der Waals surface area contributed by atoms with Crippen molar-refractivity contribution < 1.29 is 13.9 Å². The van der Waals surface area contributed by atoms with Gasteiger partial charge in [-0.25, -0.2) is 19.4 Å². The third-order valence-electron chi connectivity index (χ3n) is 4.36. The Hall–Kier alpha value is -3.74. The third-order valence-corrected chi connectivity index (χ3v) is 4.36. The first-order chi connectivity index (χ1) is 14.1. The molecule has 0 bridgehead atoms. The van der Waals surface area contributed by atoms with Crippen LogP contribution >= 0.6 is 0 Å². The third kappa shape index (κ3) is 3.94. The van der Waals surface area contributed by atoms with Crippen molar-refractivity contribution >= 4 is 5.97 Å². The minimum absolute atomic E-state index is 0.0153. The van der Waals surface area contributed by atoms with E-state index in [-0.39, 0.29) is 12.5 Å². The molecule has 7 heteroatoms. The van der Waals surface area contributed by atoms with E-state index in [1.165, 1.54) is 12.5 Å². The van der Waals surface area contributed by atoms with Gasteiger partial charge in [0.2, 0.25) is 5.89 Å². The van der Waals surface area contributed by atoms with Crippen molar-refractivity contribution in [3.8, 4) is 17.3 Å². The second-order valence-electron chi connectivity index (χ2n) is 6.78. The van der Waals surface area contributed by atoms with Crippen LogP contribution in [0.2, 0.25) is 0 Å². The number of rotatable bonds is 6. The Morgan fingerprint density at radius 3 is 2.66 bits per heavy atom. The molecule has 0 amide bonds. The zero-order chi connectivity index (χ0) is 20.2. The maximum absolute atomic E-state index is 12.7. The monoisotopic (exact) mass is 388 g/mol. The summed E-state index contributed by atoms with van der Waals surface area (Å²) in [5.74, 6) is 0.737. The fourth-order valence-corrected chi connectivity index (χ4v) is 3.04. The highest BCUT2D eigenvalue weighted by Gasteiger charge is 2.23. The van der Waals surface area contributed by atoms with Crippen molar-refractivity contribution in [2.75, 3.05) is 0 Å². The Morgan fingerprint density at radius 1 is 1.14 bits per heavy atom. The van der Waals surface area contributed by atoms with E-state index in [4.69, 9.17) is 9.15 Å². The zero-order valence-electron chi connectivity index (χ0n) is 16.1. The quantitative estimate of drug-likeness (QED) is 0.455. The summed E-state index contributed by atoms with van der Waals surface area (Å²) < 4.78 is 12.6. The van der Waals surface area contributed by atoms with Crippen molar-refractivity contribution in [1.82, 2.24) is 19.7 Å². The summed E-state index contributed by atoms with van der Waals surface area (Å²) in [6.45, 7) is 4.01. The van der Waals surface area contributed by atoms with Crippen LogP contribution in [0.5, 0.6) is 0 Å². The maximum atomic E-state index is 12.7. The van der Waals surface area contributed by atoms with Crippen LogP contribution in [-0.2, 0) is 11.3 Å². The average Bonchev–Trinajstić information content (AvgIpc) is 3.41. The van der Waals surface area contributed by atoms with Crippen molar-refractivity contribution in [2.45, 2.75) is 26.4 Å². The Morgan fingerprint density at radius 2 is 1.93 bits per heavy atom. The minimum atomic E-state index is -0.458. The van der Waals surface area contributed by atoms with Crippen LogP contribution in [0.1, 0.15) is 41.5 Å². The van der Waals surface area contributed by atoms with Crippen LogP contribution in [0, 0.1) is 0 Å². The molecule has 0 spiro atoms. The molecule has 146 valence electrons. The summed E-state index contributed by atoms with van der Waals surface area (Å²) in [4.78, 5) is 21.4. The molecule has 0 N–H and O–H groups in total. The summed E-state index contributed by atoms with van der Waals surface area (Å²) in [6.07, 6.45) is 4.70. The van der Waals surface area contributed by atoms with Gasteiger partial charge in [-0.15, -0.1) is 0 Å². The lowest BCUT2D eigenvalue weighted by Gasteiger charge is -2.11. The number of carbonyl (C=O) groups excluding carboxylic acids is 1. The number of ether oxygens (including phenoxy) is 1. The van der Waals surface area contributed by atoms with Gasteiger partial charge in [0.1, 0.15) is 24.1 Å². The van der Waals surface area contributed by atoms with E-state index in [9.17, 15) is 4.79 Å². The number of hydrogen-bond donors (Lipinski definition) is 0. The fraction of sp³-hybridized carbons (Fsp3) is 0.182. The molecule has 4 aromatic rings. The maximum Gasteiger partial charge on any atom is 0.342 e. The highest BCUT2D eigenvalue weighted by molar-refractivity contribution is 5.90. The predicted molar refractivity (Wildman–Crippen MR) is 107 cm³/mol. The molecule has 1 aromatic carbocycles. The SMILES string of the molecule is CC(C)c1c(C(=O)OCc2coc(-c3ccccc3)n2)cnn1-c1ccccn1. The molecule has 0 saturated carbocycles. The topological polar surface area (TPSA) is 83.0 Å². The zero-order valence-corrected chi connectivity index (χ0v) is 16.1. The Balaban J connectivity index is 1.51. The molecule has 0 aliphatic carbocycles. The Kier molecular flexibility index (Phi) is 5.20. The molecule has 4 rings (SSSR count). The lowest BCUT2D eigenvalue weighted by Crippen LogP contribution is -2.11. The molecule has 0 aliphatic heterocycles. The van der Waals surface area contributed by atoms with Crippen LogP contribution in [0.3, 0.4) is 0 Å². The van der Waals surface area contributed by atoms with Gasteiger partial charge in [-0.05, 0) is 30.2 Å². The molecule has 29 heavy (non-hydrogen) atoms. The van der Waals surface area contributed by atoms with Gasteiger partial charge in [-0.3, -0.25) is 0 Å². The van der Waals surface area contributed by atoms with Crippen molar-refractivity contribution in [1.29, 1.82) is 0 Å². The van der Waals surface area contributed by atoms with Gasteiger partial charge in [-0.1, -0.05) is 38.1 Å². The number of carbonyl (C=O) groups is 1. The summed E-state index contributed by atoms with van der Waals surface area (Å²) >= 11 is 0. The molecular weight excluding hydrogens is 368 g/mol. The number of hydrogen-bond acceptors (Lipinski definition) is 6. The second-order valence-corrected chi connectivity index (χ2v) is 6.78. The molecule has 0 fully saturated rings. The molecule has 3 aromatic heterocycles. The van der Waals surface area contributed by atoms with Crippen LogP contribution in [0.25, 0.3) is 17.3 Å². The molecular formula is C22H20N4O3. The first-order valence-corrected chi connectivity index (χ1v) is 9.29. The normalized spacial score (nSPS) is 11.0. The Bertz CT molecular complexity index is 1100. The molecule has 0 aliphatic rings. The van der Waals surface area contributed by atoms with Gasteiger partial charge < -0.3 is 9.15 Å². The van der Waals surface area contributed by atoms with Crippen LogP contribution in [0.4, 0.5) is 0 Å². The summed E-state index contributed by atoms with van der Waals surface area (Å²) in [5.41, 5.74) is 2.57. The number of oxazole rings is 1. The van der Waals surface area contributed by atoms with Gasteiger partial charge in [-0.2, -0.15) is 5.10 Å². The molecule has 3 heterocycles. The van der Waals surface area contributed by atoms with Crippen LogP contribution < -0.4 is 0 Å². The number of esters is 1. The van der Waals surface area contributed by atoms with E-state index < -0.39 is 5.97 Å². The number of aromatic nitrogens is 4. The highest BCUT2D eigenvalue weighted by Crippen LogP contribution is 2.23. The van der Waals surface area contributed by atoms with E-state index in [1.807, 2.05) is 62.4 Å². The first-order valence-electron chi connectivity index (χ1n) is 9.29. The molecule has 0 unspecified atom stereocenters. The number of nitrogens with zero attached hydrogens (tertiary/aromatic N) is 4. The van der Waals surface area contributed by atoms with E-state index >= 15 is 0 Å². The van der Waals surface area contributed by atoms with E-state index in [0.717, 1.165) is 11.3 Å². The standard InChI is InChI=1S/C22H20N4O3/c1-15(2)20-18(12-24-26(20)19-10-6-7-11-23-19)22(27)29-14-17-13-28-21(25-17)16-8-4-3-5-9-16/h3-13,15H,14H2,1-2H3. The fourth-order valence-electron chi connectivity index (χ4n) is 3.04. The van der Waals surface area contributed by atoms with Crippen molar-refractivity contribution in [2.24, 2.45) is 0 Å². The largest absolute Gasteiger partial charge is 0.455 e. The summed E-state index contributed by atoms with van der Waals surface area (Å²) in [7, 11) is 0. The van der Waals surface area contributed by atoms with Gasteiger partial charge >= 0.3 is 5.97 Å². The molecule has 7 nitrogen and oxygen atoms in total. The lowest BCUT2D eigenvalue weighted by molar-refractivity contribution is 0.0466.